The molecule has 472 valence electrons. The first-order valence-corrected chi connectivity index (χ1v) is 36.3. The number of aliphatic hydroxyl groups is 2. The number of rotatable bonds is 68. The van der Waals surface area contributed by atoms with E-state index in [0.29, 0.717) is 19.4 Å². The molecule has 0 aliphatic heterocycles. The molecule has 1 amide bonds. The van der Waals surface area contributed by atoms with E-state index in [4.69, 9.17) is 4.74 Å². The summed E-state index contributed by atoms with van der Waals surface area (Å²) in [7, 11) is 0. The topological polar surface area (TPSA) is 95.9 Å². The molecule has 6 heteroatoms. The first-order chi connectivity index (χ1) is 39.5. The molecule has 0 bridgehead atoms. The highest BCUT2D eigenvalue weighted by molar-refractivity contribution is 5.76. The van der Waals surface area contributed by atoms with Crippen molar-refractivity contribution in [1.82, 2.24) is 5.32 Å². The molecule has 0 aromatic heterocycles. The van der Waals surface area contributed by atoms with Gasteiger partial charge in [-0.1, -0.05) is 359 Å². The summed E-state index contributed by atoms with van der Waals surface area (Å²) in [6.45, 7) is 4.91. The zero-order valence-electron chi connectivity index (χ0n) is 54.1. The van der Waals surface area contributed by atoms with Gasteiger partial charge in [0.25, 0.3) is 0 Å². The Morgan fingerprint density at radius 1 is 0.350 bits per heavy atom. The lowest BCUT2D eigenvalue weighted by molar-refractivity contribution is -0.143. The third-order valence-corrected chi connectivity index (χ3v) is 16.9. The van der Waals surface area contributed by atoms with Crippen molar-refractivity contribution in [3.63, 3.8) is 0 Å². The van der Waals surface area contributed by atoms with Crippen molar-refractivity contribution in [2.24, 2.45) is 0 Å². The van der Waals surface area contributed by atoms with Gasteiger partial charge in [0.15, 0.2) is 0 Å². The summed E-state index contributed by atoms with van der Waals surface area (Å²) in [4.78, 5) is 24.6. The van der Waals surface area contributed by atoms with E-state index in [9.17, 15) is 19.8 Å². The number of nitrogens with one attached hydrogen (secondary N) is 1. The van der Waals surface area contributed by atoms with Crippen LogP contribution in [0.25, 0.3) is 0 Å². The van der Waals surface area contributed by atoms with Gasteiger partial charge in [0.1, 0.15) is 0 Å². The van der Waals surface area contributed by atoms with Crippen molar-refractivity contribution in [2.75, 3.05) is 13.2 Å². The Bertz CT molecular complexity index is 1300. The molecule has 80 heavy (non-hydrogen) atoms. The van der Waals surface area contributed by atoms with Crippen LogP contribution < -0.4 is 5.32 Å². The van der Waals surface area contributed by atoms with Crippen LogP contribution in [0.1, 0.15) is 399 Å². The highest BCUT2D eigenvalue weighted by Gasteiger charge is 2.18. The van der Waals surface area contributed by atoms with Gasteiger partial charge < -0.3 is 20.3 Å². The third kappa shape index (κ3) is 65.2. The second-order valence-electron chi connectivity index (χ2n) is 24.9. The molecule has 0 fully saturated rings. The van der Waals surface area contributed by atoms with Gasteiger partial charge in [-0.15, -0.1) is 0 Å². The van der Waals surface area contributed by atoms with Crippen LogP contribution in [0.2, 0.25) is 0 Å². The number of ether oxygens (including phenoxy) is 1. The molecule has 0 radical (unpaired) electrons. The smallest absolute Gasteiger partial charge is 0.305 e. The van der Waals surface area contributed by atoms with E-state index < -0.39 is 12.1 Å². The minimum atomic E-state index is -0.841. The Hall–Kier alpha value is -1.92. The molecule has 0 aromatic carbocycles. The van der Waals surface area contributed by atoms with Crippen LogP contribution in [-0.2, 0) is 14.3 Å². The second-order valence-corrected chi connectivity index (χ2v) is 24.9. The summed E-state index contributed by atoms with van der Waals surface area (Å²) < 4.78 is 5.49. The monoisotopic (exact) mass is 1120 g/mol. The lowest BCUT2D eigenvalue weighted by Gasteiger charge is -2.20. The minimum absolute atomic E-state index is 0.00780. The second kappa shape index (κ2) is 69.6. The number of amides is 1. The SMILES string of the molecule is CCCCCC/C=C\C/C=C\CCCCCCCC(=O)OCCCCCCCCCCCCCCCCCCCCCCCCCCCCCCCCCCC(=O)NC(CO)C(O)/C=C/CCCCCCCCCCCCCCC. The number of allylic oxidation sites excluding steroid dienone is 5. The van der Waals surface area contributed by atoms with Crippen LogP contribution in [0.3, 0.4) is 0 Å². The summed E-state index contributed by atoms with van der Waals surface area (Å²) in [5.41, 5.74) is 0. The molecule has 0 aliphatic rings. The van der Waals surface area contributed by atoms with Crippen molar-refractivity contribution < 1.29 is 24.5 Å². The first-order valence-electron chi connectivity index (χ1n) is 36.3. The predicted molar refractivity (Wildman–Crippen MR) is 352 cm³/mol. The number of hydrogen-bond acceptors (Lipinski definition) is 5. The standard InChI is InChI=1S/C74H141NO5/c1-3-5-7-9-11-13-15-17-19-40-44-48-52-56-60-64-68-74(79)80-69-65-61-57-53-49-45-41-37-35-33-31-29-27-25-23-21-20-22-24-26-28-30-32-34-36-39-43-47-51-55-59-63-67-73(78)75-71(70-76)72(77)66-62-58-54-50-46-42-38-18-16-14-12-10-8-6-4-2/h13,15,19,40,62,66,71-72,76-77H,3-12,14,16-18,20-39,41-61,63-65,67-70H2,1-2H3,(H,75,78)/b15-13-,40-19-,66-62+. The number of carbonyl (C=O) groups is 2. The molecule has 0 aliphatic carbocycles. The molecule has 0 aromatic rings. The molecule has 0 saturated carbocycles. The summed E-state index contributed by atoms with van der Waals surface area (Å²) in [6, 6.07) is -0.624. The van der Waals surface area contributed by atoms with Crippen LogP contribution in [0.5, 0.6) is 0 Å². The maximum absolute atomic E-state index is 12.5. The van der Waals surface area contributed by atoms with Gasteiger partial charge in [-0.3, -0.25) is 9.59 Å². The third-order valence-electron chi connectivity index (χ3n) is 16.9. The van der Waals surface area contributed by atoms with Crippen molar-refractivity contribution in [3.05, 3.63) is 36.5 Å². The summed E-state index contributed by atoms with van der Waals surface area (Å²) in [5, 5.41) is 23.2. The Morgan fingerprint density at radius 2 is 0.625 bits per heavy atom. The number of esters is 1. The van der Waals surface area contributed by atoms with Crippen LogP contribution in [0.4, 0.5) is 0 Å². The fraction of sp³-hybridized carbons (Fsp3) is 0.892. The molecule has 0 rings (SSSR count). The maximum atomic E-state index is 12.5. The van der Waals surface area contributed by atoms with Crippen molar-refractivity contribution in [2.45, 2.75) is 411 Å². The molecule has 2 atom stereocenters. The first kappa shape index (κ1) is 78.1. The minimum Gasteiger partial charge on any atom is -0.466 e. The molecular formula is C74H141NO5. The average Bonchev–Trinajstić information content (AvgIpc) is 3.46. The molecule has 6 nitrogen and oxygen atoms in total. The van der Waals surface area contributed by atoms with Gasteiger partial charge in [-0.25, -0.2) is 0 Å². The van der Waals surface area contributed by atoms with E-state index in [2.05, 4.69) is 43.5 Å². The van der Waals surface area contributed by atoms with Crippen molar-refractivity contribution >= 4 is 11.9 Å². The quantitative estimate of drug-likeness (QED) is 0.0320. The highest BCUT2D eigenvalue weighted by Crippen LogP contribution is 2.19. The number of aliphatic hydroxyl groups excluding tert-OH is 2. The van der Waals surface area contributed by atoms with Crippen LogP contribution in [-0.4, -0.2) is 47.4 Å². The van der Waals surface area contributed by atoms with Gasteiger partial charge in [0.05, 0.1) is 25.4 Å². The Kier molecular flexibility index (Phi) is 67.9. The van der Waals surface area contributed by atoms with E-state index in [0.717, 1.165) is 51.4 Å². The lowest BCUT2D eigenvalue weighted by atomic mass is 10.0. The van der Waals surface area contributed by atoms with E-state index in [1.165, 1.54) is 321 Å². The van der Waals surface area contributed by atoms with E-state index in [-0.39, 0.29) is 18.5 Å². The van der Waals surface area contributed by atoms with Crippen LogP contribution in [0, 0.1) is 0 Å². The largest absolute Gasteiger partial charge is 0.466 e. The molecular weight excluding hydrogens is 983 g/mol. The molecule has 0 spiro atoms. The van der Waals surface area contributed by atoms with Gasteiger partial charge in [-0.2, -0.15) is 0 Å². The number of hydrogen-bond donors (Lipinski definition) is 3. The number of unbranched alkanes of at least 4 members (excludes halogenated alkanes) is 53. The fourth-order valence-corrected chi connectivity index (χ4v) is 11.4. The lowest BCUT2D eigenvalue weighted by Crippen LogP contribution is -2.45. The predicted octanol–water partition coefficient (Wildman–Crippen LogP) is 23.5. The highest BCUT2D eigenvalue weighted by atomic mass is 16.5. The molecule has 2 unspecified atom stereocenters. The van der Waals surface area contributed by atoms with Crippen LogP contribution in [0.15, 0.2) is 36.5 Å². The van der Waals surface area contributed by atoms with Crippen molar-refractivity contribution in [3.8, 4) is 0 Å². The van der Waals surface area contributed by atoms with Gasteiger partial charge in [0.2, 0.25) is 5.91 Å². The zero-order chi connectivity index (χ0) is 57.8. The molecule has 3 N–H and O–H groups in total. The average molecular weight is 1120 g/mol. The summed E-state index contributed by atoms with van der Waals surface area (Å²) in [6.07, 6.45) is 89.5. The zero-order valence-corrected chi connectivity index (χ0v) is 54.1. The fourth-order valence-electron chi connectivity index (χ4n) is 11.4. The number of carbonyl (C=O) groups excluding carboxylic acids is 2. The Balaban J connectivity index is 3.33. The van der Waals surface area contributed by atoms with E-state index in [1.807, 2.05) is 6.08 Å². The Morgan fingerprint density at radius 3 is 0.963 bits per heavy atom. The van der Waals surface area contributed by atoms with Crippen molar-refractivity contribution in [1.29, 1.82) is 0 Å². The Labute approximate surface area is 500 Å². The van der Waals surface area contributed by atoms with Gasteiger partial charge in [0, 0.05) is 12.8 Å². The molecule has 0 heterocycles. The van der Waals surface area contributed by atoms with Crippen LogP contribution >= 0.6 is 0 Å². The summed E-state index contributed by atoms with van der Waals surface area (Å²) in [5.74, 6) is -0.0534. The van der Waals surface area contributed by atoms with E-state index >= 15 is 0 Å². The van der Waals surface area contributed by atoms with Gasteiger partial charge >= 0.3 is 5.97 Å². The van der Waals surface area contributed by atoms with Gasteiger partial charge in [-0.05, 0) is 64.2 Å². The maximum Gasteiger partial charge on any atom is 0.305 e. The molecule has 0 saturated heterocycles. The van der Waals surface area contributed by atoms with E-state index in [1.54, 1.807) is 6.08 Å². The normalized spacial score (nSPS) is 12.7. The summed E-state index contributed by atoms with van der Waals surface area (Å²) >= 11 is 0.